The highest BCUT2D eigenvalue weighted by atomic mass is 35.5. The average molecular weight is 458 g/mol. The molecule has 0 unspecified atom stereocenters. The molecule has 3 aromatic rings. The lowest BCUT2D eigenvalue weighted by atomic mass is 10.1. The summed E-state index contributed by atoms with van der Waals surface area (Å²) in [5.74, 6) is 5.45. The Morgan fingerprint density at radius 2 is 1.97 bits per heavy atom. The second-order valence-electron chi connectivity index (χ2n) is 7.32. The van der Waals surface area contributed by atoms with Crippen LogP contribution in [0.15, 0.2) is 47.0 Å². The molecule has 1 aromatic heterocycles. The molecule has 0 N–H and O–H groups in total. The zero-order valence-corrected chi connectivity index (χ0v) is 18.0. The molecule has 1 aliphatic rings. The monoisotopic (exact) mass is 457 g/mol. The van der Waals surface area contributed by atoms with E-state index in [0.717, 1.165) is 18.9 Å². The predicted octanol–water partition coefficient (Wildman–Crippen LogP) is 6.69. The van der Waals surface area contributed by atoms with Crippen molar-refractivity contribution in [2.24, 2.45) is 5.92 Å². The van der Waals surface area contributed by atoms with Gasteiger partial charge in [-0.05, 0) is 49.2 Å². The molecular formula is C24H18Cl2FNO3. The van der Waals surface area contributed by atoms with Crippen LogP contribution in [0.25, 0.3) is 11.3 Å². The van der Waals surface area contributed by atoms with E-state index in [9.17, 15) is 9.18 Å². The highest BCUT2D eigenvalue weighted by Crippen LogP contribution is 2.30. The molecule has 0 amide bonds. The number of rotatable bonds is 4. The van der Waals surface area contributed by atoms with Crippen LogP contribution >= 0.6 is 23.2 Å². The molecule has 1 heterocycles. The number of hydrogen-bond acceptors (Lipinski definition) is 4. The minimum Gasteiger partial charge on any atom is -0.454 e. The van der Waals surface area contributed by atoms with Gasteiger partial charge in [-0.25, -0.2) is 9.18 Å². The van der Waals surface area contributed by atoms with Gasteiger partial charge in [0.15, 0.2) is 12.4 Å². The summed E-state index contributed by atoms with van der Waals surface area (Å²) in [4.78, 5) is 12.3. The van der Waals surface area contributed by atoms with Crippen LogP contribution in [-0.4, -0.2) is 11.1 Å². The van der Waals surface area contributed by atoms with Crippen LogP contribution < -0.4 is 0 Å². The topological polar surface area (TPSA) is 52.3 Å². The maximum Gasteiger partial charge on any atom is 0.338 e. The number of carbonyl (C=O) groups excluding carboxylic acids is 1. The van der Waals surface area contributed by atoms with Crippen LogP contribution in [0, 0.1) is 23.6 Å². The van der Waals surface area contributed by atoms with E-state index >= 15 is 0 Å². The van der Waals surface area contributed by atoms with Crippen molar-refractivity contribution < 1.29 is 18.4 Å². The Bertz CT molecular complexity index is 1170. The molecule has 0 bridgehead atoms. The summed E-state index contributed by atoms with van der Waals surface area (Å²) < 4.78 is 24.8. The molecule has 7 heteroatoms. The zero-order chi connectivity index (χ0) is 21.8. The fourth-order valence-corrected chi connectivity index (χ4v) is 3.92. The smallest absolute Gasteiger partial charge is 0.338 e. The van der Waals surface area contributed by atoms with E-state index in [1.165, 1.54) is 25.0 Å². The number of nitrogens with zero attached hydrogens (tertiary/aromatic N) is 1. The number of benzene rings is 2. The number of carbonyl (C=O) groups is 1. The summed E-state index contributed by atoms with van der Waals surface area (Å²) in [6.45, 7) is -0.151. The fraction of sp³-hybridized carbons (Fsp3) is 0.250. The fourth-order valence-electron chi connectivity index (χ4n) is 3.42. The van der Waals surface area contributed by atoms with E-state index in [4.69, 9.17) is 32.5 Å². The Morgan fingerprint density at radius 1 is 1.16 bits per heavy atom. The van der Waals surface area contributed by atoms with Crippen LogP contribution in [-0.2, 0) is 11.3 Å². The lowest BCUT2D eigenvalue weighted by Crippen LogP contribution is -2.05. The van der Waals surface area contributed by atoms with Crippen LogP contribution in [0.3, 0.4) is 0 Å². The number of aromatic nitrogens is 1. The number of esters is 1. The first kappa shape index (κ1) is 21.4. The van der Waals surface area contributed by atoms with Gasteiger partial charge >= 0.3 is 5.97 Å². The van der Waals surface area contributed by atoms with Gasteiger partial charge in [-0.2, -0.15) is 0 Å². The van der Waals surface area contributed by atoms with E-state index in [1.54, 1.807) is 24.3 Å². The van der Waals surface area contributed by atoms with Gasteiger partial charge in [0.25, 0.3) is 0 Å². The van der Waals surface area contributed by atoms with Crippen LogP contribution in [0.4, 0.5) is 4.39 Å². The van der Waals surface area contributed by atoms with Gasteiger partial charge in [0.2, 0.25) is 0 Å². The van der Waals surface area contributed by atoms with Crippen molar-refractivity contribution in [1.82, 2.24) is 5.16 Å². The Morgan fingerprint density at radius 3 is 2.71 bits per heavy atom. The first-order chi connectivity index (χ1) is 15.0. The van der Waals surface area contributed by atoms with E-state index in [1.807, 2.05) is 0 Å². The third-order valence-electron chi connectivity index (χ3n) is 5.08. The maximum absolute atomic E-state index is 14.3. The van der Waals surface area contributed by atoms with E-state index in [2.05, 4.69) is 17.0 Å². The highest BCUT2D eigenvalue weighted by Gasteiger charge is 2.15. The Balaban J connectivity index is 1.39. The summed E-state index contributed by atoms with van der Waals surface area (Å²) in [6.07, 6.45) is 4.47. The first-order valence-corrected chi connectivity index (χ1v) is 10.6. The molecule has 4 nitrogen and oxygen atoms in total. The van der Waals surface area contributed by atoms with Gasteiger partial charge < -0.3 is 9.26 Å². The Hall–Kier alpha value is -2.81. The molecule has 31 heavy (non-hydrogen) atoms. The average Bonchev–Trinajstić information content (AvgIpc) is 3.43. The molecular weight excluding hydrogens is 440 g/mol. The van der Waals surface area contributed by atoms with Crippen LogP contribution in [0.2, 0.25) is 10.0 Å². The van der Waals surface area contributed by atoms with Gasteiger partial charge in [0.1, 0.15) is 11.5 Å². The Kier molecular flexibility index (Phi) is 6.60. The SMILES string of the molecule is O=C(OCc1cc(-c2ccc(Cl)cc2Cl)no1)c1ccc(C#CC2CCCC2)c(F)c1. The van der Waals surface area contributed by atoms with Gasteiger partial charge in [0.05, 0.1) is 16.1 Å². The summed E-state index contributed by atoms with van der Waals surface area (Å²) in [6, 6.07) is 10.8. The van der Waals surface area contributed by atoms with Crippen LogP contribution in [0.5, 0.6) is 0 Å². The number of halogens is 3. The molecule has 1 fully saturated rings. The van der Waals surface area contributed by atoms with Gasteiger partial charge in [-0.1, -0.05) is 53.0 Å². The van der Waals surface area contributed by atoms with E-state index in [-0.39, 0.29) is 17.7 Å². The second-order valence-corrected chi connectivity index (χ2v) is 8.17. The third-order valence-corrected chi connectivity index (χ3v) is 5.63. The molecule has 0 spiro atoms. The summed E-state index contributed by atoms with van der Waals surface area (Å²) in [5, 5.41) is 4.87. The summed E-state index contributed by atoms with van der Waals surface area (Å²) >= 11 is 12.1. The molecule has 1 aliphatic carbocycles. The van der Waals surface area contributed by atoms with Crippen molar-refractivity contribution in [2.75, 3.05) is 0 Å². The second kappa shape index (κ2) is 9.55. The van der Waals surface area contributed by atoms with Crippen molar-refractivity contribution in [2.45, 2.75) is 32.3 Å². The van der Waals surface area contributed by atoms with Crippen molar-refractivity contribution in [3.05, 3.63) is 75.2 Å². The van der Waals surface area contributed by atoms with Crippen molar-refractivity contribution >= 4 is 29.2 Å². The molecule has 1 saturated carbocycles. The highest BCUT2D eigenvalue weighted by molar-refractivity contribution is 6.36. The quantitative estimate of drug-likeness (QED) is 0.323. The molecule has 4 rings (SSSR count). The molecule has 0 aliphatic heterocycles. The molecule has 2 aromatic carbocycles. The van der Waals surface area contributed by atoms with Crippen molar-refractivity contribution in [3.63, 3.8) is 0 Å². The minimum atomic E-state index is -0.670. The zero-order valence-electron chi connectivity index (χ0n) is 16.5. The number of hydrogen-bond donors (Lipinski definition) is 0. The van der Waals surface area contributed by atoms with Gasteiger partial charge in [0, 0.05) is 22.6 Å². The molecule has 0 saturated heterocycles. The molecule has 0 radical (unpaired) electrons. The Labute approximate surface area is 189 Å². The lowest BCUT2D eigenvalue weighted by molar-refractivity contribution is 0.0437. The number of ether oxygens (including phenoxy) is 1. The molecule has 0 atom stereocenters. The van der Waals surface area contributed by atoms with Gasteiger partial charge in [-0.15, -0.1) is 0 Å². The summed E-state index contributed by atoms with van der Waals surface area (Å²) in [5.41, 5.74) is 1.51. The first-order valence-electron chi connectivity index (χ1n) is 9.89. The normalized spacial score (nSPS) is 13.6. The van der Waals surface area contributed by atoms with E-state index in [0.29, 0.717) is 33.0 Å². The summed E-state index contributed by atoms with van der Waals surface area (Å²) in [7, 11) is 0. The van der Waals surface area contributed by atoms with Crippen LogP contribution in [0.1, 0.15) is 47.4 Å². The third kappa shape index (κ3) is 5.28. The largest absolute Gasteiger partial charge is 0.454 e. The predicted molar refractivity (Wildman–Crippen MR) is 116 cm³/mol. The molecule has 158 valence electrons. The van der Waals surface area contributed by atoms with Crippen molar-refractivity contribution in [1.29, 1.82) is 0 Å². The van der Waals surface area contributed by atoms with E-state index < -0.39 is 11.8 Å². The standard InChI is InChI=1S/C24H18Cl2FNO3/c25-18-9-10-20(21(26)12-18)23-13-19(31-28-23)14-30-24(29)17-8-7-16(22(27)11-17)6-5-15-3-1-2-4-15/h7-13,15H,1-4,14H2. The van der Waals surface area contributed by atoms with Crippen molar-refractivity contribution in [3.8, 4) is 23.1 Å². The maximum atomic E-state index is 14.3. The lowest BCUT2D eigenvalue weighted by Gasteiger charge is -2.04. The van der Waals surface area contributed by atoms with Gasteiger partial charge in [-0.3, -0.25) is 0 Å². The minimum absolute atomic E-state index is 0.101.